The lowest BCUT2D eigenvalue weighted by molar-refractivity contribution is -0.131. The summed E-state index contributed by atoms with van der Waals surface area (Å²) in [5, 5.41) is 4.20. The van der Waals surface area contributed by atoms with Crippen LogP contribution in [-0.4, -0.2) is 35.3 Å². The van der Waals surface area contributed by atoms with Crippen molar-refractivity contribution in [1.82, 2.24) is 15.2 Å². The van der Waals surface area contributed by atoms with Crippen LogP contribution in [0.1, 0.15) is 44.8 Å². The van der Waals surface area contributed by atoms with E-state index >= 15 is 0 Å². The highest BCUT2D eigenvalue weighted by Gasteiger charge is 2.29. The third-order valence-electron chi connectivity index (χ3n) is 4.38. The number of aryl methyl sites for hydroxylation is 2. The van der Waals surface area contributed by atoms with Crippen molar-refractivity contribution in [3.8, 4) is 0 Å². The Morgan fingerprint density at radius 1 is 1.44 bits per heavy atom. The second-order valence-electron chi connectivity index (χ2n) is 6.15. The lowest BCUT2D eigenvalue weighted by atomic mass is 9.97. The van der Waals surface area contributed by atoms with E-state index < -0.39 is 0 Å². The van der Waals surface area contributed by atoms with Crippen LogP contribution in [0.25, 0.3) is 0 Å². The normalized spacial score (nSPS) is 16.2. The Hall–Kier alpha value is -1.92. The molecule has 1 aliphatic rings. The number of likely N-dealkylation sites (N-methyl/N-ethyl adjacent to an activating group) is 1. The van der Waals surface area contributed by atoms with Crippen molar-refractivity contribution < 1.29 is 9.59 Å². The summed E-state index contributed by atoms with van der Waals surface area (Å²) < 4.78 is 0. The van der Waals surface area contributed by atoms with E-state index in [1.807, 2.05) is 6.92 Å². The van der Waals surface area contributed by atoms with Crippen LogP contribution >= 0.6 is 22.9 Å². The van der Waals surface area contributed by atoms with Crippen molar-refractivity contribution in [3.05, 3.63) is 50.4 Å². The van der Waals surface area contributed by atoms with Crippen LogP contribution in [0.4, 0.5) is 0 Å². The molecule has 2 amide bonds. The Labute approximate surface area is 156 Å². The molecule has 1 aliphatic carbocycles. The highest BCUT2D eigenvalue weighted by Crippen LogP contribution is 2.37. The first-order valence-electron chi connectivity index (χ1n) is 8.21. The molecule has 0 fully saturated rings. The molecule has 0 aliphatic heterocycles. The summed E-state index contributed by atoms with van der Waals surface area (Å²) >= 11 is 7.55. The fraction of sp³-hybridized carbons (Fsp3) is 0.389. The van der Waals surface area contributed by atoms with Crippen molar-refractivity contribution in [2.24, 2.45) is 0 Å². The molecule has 1 heterocycles. The maximum Gasteiger partial charge on any atom is 0.251 e. The fourth-order valence-electron chi connectivity index (χ4n) is 3.08. The van der Waals surface area contributed by atoms with Gasteiger partial charge in [0.2, 0.25) is 5.91 Å². The Bertz CT molecular complexity index is 805. The van der Waals surface area contributed by atoms with Gasteiger partial charge in [0, 0.05) is 17.6 Å². The summed E-state index contributed by atoms with van der Waals surface area (Å²) in [6.07, 6.45) is 2.93. The first kappa shape index (κ1) is 17.9. The molecule has 0 saturated heterocycles. The fourth-order valence-corrected chi connectivity index (χ4v) is 4.42. The van der Waals surface area contributed by atoms with Crippen LogP contribution in [0.15, 0.2) is 24.3 Å². The Kier molecular flexibility index (Phi) is 5.39. The van der Waals surface area contributed by atoms with E-state index in [-0.39, 0.29) is 24.4 Å². The van der Waals surface area contributed by atoms with E-state index in [2.05, 4.69) is 10.3 Å². The average molecular weight is 378 g/mol. The first-order valence-corrected chi connectivity index (χ1v) is 9.41. The molecule has 1 aromatic carbocycles. The number of benzene rings is 1. The van der Waals surface area contributed by atoms with Crippen LogP contribution in [0.3, 0.4) is 0 Å². The molecule has 1 atom stereocenters. The lowest BCUT2D eigenvalue weighted by Gasteiger charge is -2.30. The number of carbonyl (C=O) groups is 2. The summed E-state index contributed by atoms with van der Waals surface area (Å²) in [4.78, 5) is 32.2. The largest absolute Gasteiger partial charge is 0.343 e. The Balaban J connectivity index is 1.63. The van der Waals surface area contributed by atoms with E-state index in [9.17, 15) is 9.59 Å². The smallest absolute Gasteiger partial charge is 0.251 e. The highest BCUT2D eigenvalue weighted by molar-refractivity contribution is 7.11. The van der Waals surface area contributed by atoms with Crippen molar-refractivity contribution in [3.63, 3.8) is 0 Å². The van der Waals surface area contributed by atoms with Gasteiger partial charge in [-0.3, -0.25) is 9.59 Å². The molecule has 132 valence electrons. The van der Waals surface area contributed by atoms with Crippen molar-refractivity contribution in [2.75, 3.05) is 13.6 Å². The van der Waals surface area contributed by atoms with Gasteiger partial charge in [-0.25, -0.2) is 4.98 Å². The monoisotopic (exact) mass is 377 g/mol. The number of aromatic nitrogens is 1. The number of hydrogen-bond acceptors (Lipinski definition) is 4. The van der Waals surface area contributed by atoms with Crippen molar-refractivity contribution in [1.29, 1.82) is 0 Å². The van der Waals surface area contributed by atoms with Crippen LogP contribution in [0.5, 0.6) is 0 Å². The van der Waals surface area contributed by atoms with E-state index in [0.29, 0.717) is 10.6 Å². The number of halogens is 1. The van der Waals surface area contributed by atoms with Crippen LogP contribution in [0, 0.1) is 6.92 Å². The van der Waals surface area contributed by atoms with Gasteiger partial charge in [0.15, 0.2) is 0 Å². The summed E-state index contributed by atoms with van der Waals surface area (Å²) in [6, 6.07) is 6.71. The molecule has 2 aromatic rings. The number of hydrogen-bond donors (Lipinski definition) is 1. The van der Waals surface area contributed by atoms with E-state index in [1.165, 1.54) is 4.88 Å². The third kappa shape index (κ3) is 4.02. The number of nitrogens with one attached hydrogen (secondary N) is 1. The number of nitrogens with zero attached hydrogens (tertiary/aromatic N) is 2. The average Bonchev–Trinajstić information content (AvgIpc) is 2.98. The summed E-state index contributed by atoms with van der Waals surface area (Å²) in [5.74, 6) is -0.415. The molecular formula is C18H20ClN3O2S. The van der Waals surface area contributed by atoms with Crippen LogP contribution in [-0.2, 0) is 11.2 Å². The maximum absolute atomic E-state index is 12.5. The third-order valence-corrected chi connectivity index (χ3v) is 5.73. The number of carbonyl (C=O) groups excluding carboxylic acids is 2. The van der Waals surface area contributed by atoms with Gasteiger partial charge < -0.3 is 10.2 Å². The summed E-state index contributed by atoms with van der Waals surface area (Å²) in [6.45, 7) is 1.96. The zero-order valence-corrected chi connectivity index (χ0v) is 15.8. The minimum absolute atomic E-state index is 0.0362. The van der Waals surface area contributed by atoms with E-state index in [1.54, 1.807) is 47.5 Å². The topological polar surface area (TPSA) is 62.3 Å². The SMILES string of the molecule is Cc1nc2c(s1)[C@H](N(C)C(=O)CNC(=O)c1cccc(Cl)c1)CCC2. The second kappa shape index (κ2) is 7.54. The molecule has 0 bridgehead atoms. The van der Waals surface area contributed by atoms with Gasteiger partial charge in [0.05, 0.1) is 28.2 Å². The minimum atomic E-state index is -0.304. The zero-order valence-electron chi connectivity index (χ0n) is 14.2. The maximum atomic E-state index is 12.5. The summed E-state index contributed by atoms with van der Waals surface area (Å²) in [7, 11) is 1.79. The molecule has 0 radical (unpaired) electrons. The van der Waals surface area contributed by atoms with Crippen LogP contribution < -0.4 is 5.32 Å². The Morgan fingerprint density at radius 3 is 3.00 bits per heavy atom. The molecule has 5 nitrogen and oxygen atoms in total. The number of thiazole rings is 1. The molecule has 7 heteroatoms. The first-order chi connectivity index (χ1) is 12.0. The van der Waals surface area contributed by atoms with Crippen molar-refractivity contribution >= 4 is 34.8 Å². The standard InChI is InChI=1S/C18H20ClN3O2S/c1-11-21-14-7-4-8-15(17(14)25-11)22(2)16(23)10-20-18(24)12-5-3-6-13(19)9-12/h3,5-6,9,15H,4,7-8,10H2,1-2H3,(H,20,24)/t15-/m1/s1. The van der Waals surface area contributed by atoms with Gasteiger partial charge in [-0.15, -0.1) is 11.3 Å². The predicted molar refractivity (Wildman–Crippen MR) is 99.1 cm³/mol. The van der Waals surface area contributed by atoms with Gasteiger partial charge in [-0.1, -0.05) is 17.7 Å². The zero-order chi connectivity index (χ0) is 18.0. The van der Waals surface area contributed by atoms with Crippen molar-refractivity contribution in [2.45, 2.75) is 32.2 Å². The number of rotatable bonds is 4. The summed E-state index contributed by atoms with van der Waals surface area (Å²) in [5.41, 5.74) is 1.56. The van der Waals surface area contributed by atoms with Gasteiger partial charge in [0.1, 0.15) is 0 Å². The molecule has 25 heavy (non-hydrogen) atoms. The molecule has 3 rings (SSSR count). The molecular weight excluding hydrogens is 358 g/mol. The predicted octanol–water partition coefficient (Wildman–Crippen LogP) is 3.37. The molecule has 0 unspecified atom stereocenters. The van der Waals surface area contributed by atoms with Gasteiger partial charge in [0.25, 0.3) is 5.91 Å². The molecule has 0 saturated carbocycles. The van der Waals surface area contributed by atoms with Gasteiger partial charge >= 0.3 is 0 Å². The van der Waals surface area contributed by atoms with Gasteiger partial charge in [-0.05, 0) is 44.4 Å². The molecule has 1 N–H and O–H groups in total. The number of amides is 2. The molecule has 1 aromatic heterocycles. The van der Waals surface area contributed by atoms with Gasteiger partial charge in [-0.2, -0.15) is 0 Å². The molecule has 0 spiro atoms. The lowest BCUT2D eigenvalue weighted by Crippen LogP contribution is -2.40. The van der Waals surface area contributed by atoms with Crippen LogP contribution in [0.2, 0.25) is 5.02 Å². The number of fused-ring (bicyclic) bond motifs is 1. The quantitative estimate of drug-likeness (QED) is 0.888. The highest BCUT2D eigenvalue weighted by atomic mass is 35.5. The Morgan fingerprint density at radius 2 is 2.24 bits per heavy atom. The van der Waals surface area contributed by atoms with E-state index in [0.717, 1.165) is 30.0 Å². The second-order valence-corrected chi connectivity index (χ2v) is 7.82. The van der Waals surface area contributed by atoms with E-state index in [4.69, 9.17) is 11.6 Å². The minimum Gasteiger partial charge on any atom is -0.343 e.